The summed E-state index contributed by atoms with van der Waals surface area (Å²) in [6.45, 7) is 1.89. The molecule has 5 nitrogen and oxygen atoms in total. The number of hydrogen-bond acceptors (Lipinski definition) is 3. The Labute approximate surface area is 118 Å². The minimum absolute atomic E-state index is 0.00485. The summed E-state index contributed by atoms with van der Waals surface area (Å²) in [6, 6.07) is 3.74. The van der Waals surface area contributed by atoms with Gasteiger partial charge in [0.25, 0.3) is 0 Å². The van der Waals surface area contributed by atoms with Gasteiger partial charge in [0, 0.05) is 11.9 Å². The van der Waals surface area contributed by atoms with E-state index in [1.54, 1.807) is 6.20 Å². The third-order valence-corrected chi connectivity index (χ3v) is 3.79. The van der Waals surface area contributed by atoms with E-state index in [-0.39, 0.29) is 18.7 Å². The van der Waals surface area contributed by atoms with Crippen LogP contribution in [0.5, 0.6) is 0 Å². The highest BCUT2D eigenvalue weighted by atomic mass is 16.4. The van der Waals surface area contributed by atoms with Crippen LogP contribution in [0.3, 0.4) is 0 Å². The summed E-state index contributed by atoms with van der Waals surface area (Å²) in [5, 5.41) is 12.0. The second-order valence-corrected chi connectivity index (χ2v) is 5.59. The normalized spacial score (nSPS) is 16.9. The first kappa shape index (κ1) is 14.5. The Balaban J connectivity index is 1.98. The molecule has 0 saturated heterocycles. The molecule has 0 spiro atoms. The molecular weight excluding hydrogens is 256 g/mol. The molecule has 108 valence electrons. The van der Waals surface area contributed by atoms with E-state index in [1.165, 1.54) is 0 Å². The maximum atomic E-state index is 12.1. The van der Waals surface area contributed by atoms with Crippen molar-refractivity contribution in [2.45, 2.75) is 51.0 Å². The Hall–Kier alpha value is -1.91. The molecular formula is C15H20N2O3. The third kappa shape index (κ3) is 3.79. The van der Waals surface area contributed by atoms with E-state index in [0.717, 1.165) is 36.9 Å². The second-order valence-electron chi connectivity index (χ2n) is 5.59. The van der Waals surface area contributed by atoms with Crippen LogP contribution in [-0.2, 0) is 16.0 Å². The van der Waals surface area contributed by atoms with E-state index >= 15 is 0 Å². The number of pyridine rings is 1. The van der Waals surface area contributed by atoms with Crippen molar-refractivity contribution in [3.8, 4) is 0 Å². The van der Waals surface area contributed by atoms with Crippen LogP contribution in [0.15, 0.2) is 18.3 Å². The molecule has 2 N–H and O–H groups in total. The van der Waals surface area contributed by atoms with Crippen LogP contribution in [0.2, 0.25) is 0 Å². The van der Waals surface area contributed by atoms with Crippen LogP contribution in [-0.4, -0.2) is 27.5 Å². The number of rotatable bonds is 5. The van der Waals surface area contributed by atoms with E-state index in [0.29, 0.717) is 0 Å². The summed E-state index contributed by atoms with van der Waals surface area (Å²) in [4.78, 5) is 27.2. The van der Waals surface area contributed by atoms with Gasteiger partial charge in [0.15, 0.2) is 0 Å². The molecule has 1 aliphatic rings. The number of carboxylic acids is 1. The lowest BCUT2D eigenvalue weighted by molar-refractivity contribution is -0.139. The number of carbonyl (C=O) groups excluding carboxylic acids is 1. The average Bonchev–Trinajstić information content (AvgIpc) is 2.79. The van der Waals surface area contributed by atoms with Gasteiger partial charge >= 0.3 is 5.97 Å². The van der Waals surface area contributed by atoms with Gasteiger partial charge in [-0.25, -0.2) is 0 Å². The molecule has 20 heavy (non-hydrogen) atoms. The Morgan fingerprint density at radius 3 is 2.60 bits per heavy atom. The van der Waals surface area contributed by atoms with Gasteiger partial charge in [0.2, 0.25) is 5.91 Å². The number of nitrogens with one attached hydrogen (secondary N) is 1. The van der Waals surface area contributed by atoms with Gasteiger partial charge in [-0.2, -0.15) is 0 Å². The molecule has 1 aromatic heterocycles. The van der Waals surface area contributed by atoms with Crippen LogP contribution >= 0.6 is 0 Å². The third-order valence-electron chi connectivity index (χ3n) is 3.79. The fourth-order valence-electron chi connectivity index (χ4n) is 2.82. The van der Waals surface area contributed by atoms with E-state index < -0.39 is 11.5 Å². The molecule has 1 aliphatic carbocycles. The molecule has 0 radical (unpaired) electrons. The first-order valence-corrected chi connectivity index (χ1v) is 6.93. The summed E-state index contributed by atoms with van der Waals surface area (Å²) < 4.78 is 0. The summed E-state index contributed by atoms with van der Waals surface area (Å²) in [7, 11) is 0. The highest BCUT2D eigenvalue weighted by Crippen LogP contribution is 2.32. The largest absolute Gasteiger partial charge is 0.481 e. The first-order valence-electron chi connectivity index (χ1n) is 6.93. The minimum Gasteiger partial charge on any atom is -0.481 e. The lowest BCUT2D eigenvalue weighted by Gasteiger charge is -2.28. The Morgan fingerprint density at radius 1 is 1.35 bits per heavy atom. The molecule has 1 aromatic rings. The molecule has 1 heterocycles. The van der Waals surface area contributed by atoms with E-state index in [4.69, 9.17) is 5.11 Å². The summed E-state index contributed by atoms with van der Waals surface area (Å²) in [6.07, 6.45) is 5.38. The molecule has 1 saturated carbocycles. The Bertz CT molecular complexity index is 490. The number of aromatic nitrogens is 1. The lowest BCUT2D eigenvalue weighted by atomic mass is 9.93. The monoisotopic (exact) mass is 276 g/mol. The Kier molecular flexibility index (Phi) is 4.37. The predicted octanol–water partition coefficient (Wildman–Crippen LogP) is 1.84. The fraction of sp³-hybridized carbons (Fsp3) is 0.533. The van der Waals surface area contributed by atoms with Gasteiger partial charge in [-0.15, -0.1) is 0 Å². The van der Waals surface area contributed by atoms with Crippen molar-refractivity contribution in [3.05, 3.63) is 29.6 Å². The number of nitrogens with zero attached hydrogens (tertiary/aromatic N) is 1. The fourth-order valence-corrected chi connectivity index (χ4v) is 2.82. The molecule has 0 aliphatic heterocycles. The molecule has 0 unspecified atom stereocenters. The summed E-state index contributed by atoms with van der Waals surface area (Å²) in [5.74, 6) is -0.983. The van der Waals surface area contributed by atoms with Crippen LogP contribution in [0.4, 0.5) is 0 Å². The standard InChI is InChI=1S/C15H20N2O3/c1-11-4-5-12(10-16-11)8-13(18)17-15(9-14(19)20)6-2-3-7-15/h4-5,10H,2-3,6-9H2,1H3,(H,17,18)(H,19,20). The number of carboxylic acid groups (broad SMARTS) is 1. The van der Waals surface area contributed by atoms with Crippen molar-refractivity contribution >= 4 is 11.9 Å². The molecule has 5 heteroatoms. The number of amides is 1. The van der Waals surface area contributed by atoms with Crippen LogP contribution in [0.1, 0.15) is 43.4 Å². The van der Waals surface area contributed by atoms with Crippen LogP contribution in [0, 0.1) is 6.92 Å². The van der Waals surface area contributed by atoms with E-state index in [2.05, 4.69) is 10.3 Å². The second kappa shape index (κ2) is 6.03. The minimum atomic E-state index is -0.857. The van der Waals surface area contributed by atoms with Crippen molar-refractivity contribution < 1.29 is 14.7 Å². The zero-order chi connectivity index (χ0) is 14.6. The van der Waals surface area contributed by atoms with Crippen molar-refractivity contribution in [1.82, 2.24) is 10.3 Å². The molecule has 0 atom stereocenters. The van der Waals surface area contributed by atoms with Crippen LogP contribution < -0.4 is 5.32 Å². The van der Waals surface area contributed by atoms with Gasteiger partial charge in [0.1, 0.15) is 0 Å². The van der Waals surface area contributed by atoms with Crippen molar-refractivity contribution in [1.29, 1.82) is 0 Å². The lowest BCUT2D eigenvalue weighted by Crippen LogP contribution is -2.48. The molecule has 2 rings (SSSR count). The number of hydrogen-bond donors (Lipinski definition) is 2. The highest BCUT2D eigenvalue weighted by Gasteiger charge is 2.37. The first-order chi connectivity index (χ1) is 9.49. The van der Waals surface area contributed by atoms with Gasteiger partial charge < -0.3 is 10.4 Å². The number of aliphatic carboxylic acids is 1. The van der Waals surface area contributed by atoms with E-state index in [1.807, 2.05) is 19.1 Å². The summed E-state index contributed by atoms with van der Waals surface area (Å²) >= 11 is 0. The van der Waals surface area contributed by atoms with Crippen molar-refractivity contribution in [2.75, 3.05) is 0 Å². The topological polar surface area (TPSA) is 79.3 Å². The maximum Gasteiger partial charge on any atom is 0.305 e. The van der Waals surface area contributed by atoms with Gasteiger partial charge in [-0.3, -0.25) is 14.6 Å². The zero-order valence-corrected chi connectivity index (χ0v) is 11.7. The van der Waals surface area contributed by atoms with E-state index in [9.17, 15) is 9.59 Å². The predicted molar refractivity (Wildman–Crippen MR) is 74.3 cm³/mol. The highest BCUT2D eigenvalue weighted by molar-refractivity contribution is 5.80. The average molecular weight is 276 g/mol. The smallest absolute Gasteiger partial charge is 0.305 e. The SMILES string of the molecule is Cc1ccc(CC(=O)NC2(CC(=O)O)CCCC2)cn1. The van der Waals surface area contributed by atoms with Crippen LogP contribution in [0.25, 0.3) is 0 Å². The molecule has 0 bridgehead atoms. The van der Waals surface area contributed by atoms with Gasteiger partial charge in [-0.1, -0.05) is 18.9 Å². The number of carbonyl (C=O) groups is 2. The van der Waals surface area contributed by atoms with Gasteiger partial charge in [0.05, 0.1) is 18.4 Å². The molecule has 1 fully saturated rings. The van der Waals surface area contributed by atoms with Gasteiger partial charge in [-0.05, 0) is 31.4 Å². The van der Waals surface area contributed by atoms with Crippen molar-refractivity contribution in [2.24, 2.45) is 0 Å². The number of aryl methyl sites for hydroxylation is 1. The molecule has 0 aromatic carbocycles. The quantitative estimate of drug-likeness (QED) is 0.860. The maximum absolute atomic E-state index is 12.1. The van der Waals surface area contributed by atoms with Crippen molar-refractivity contribution in [3.63, 3.8) is 0 Å². The summed E-state index contributed by atoms with van der Waals surface area (Å²) in [5.41, 5.74) is 1.20. The molecule has 1 amide bonds. The zero-order valence-electron chi connectivity index (χ0n) is 11.7. The Morgan fingerprint density at radius 2 is 2.05 bits per heavy atom.